The Bertz CT molecular complexity index is 1200. The molecule has 2 heterocycles. The number of halogens is 1. The van der Waals surface area contributed by atoms with Crippen LogP contribution in [0.15, 0.2) is 66.9 Å². The molecule has 3 aromatic carbocycles. The van der Waals surface area contributed by atoms with Gasteiger partial charge in [0, 0.05) is 14.5 Å². The van der Waals surface area contributed by atoms with Gasteiger partial charge in [-0.2, -0.15) is 5.10 Å². The molecule has 1 aromatic heterocycles. The molecule has 0 aliphatic carbocycles. The van der Waals surface area contributed by atoms with Gasteiger partial charge in [0.2, 0.25) is 0 Å². The summed E-state index contributed by atoms with van der Waals surface area (Å²) < 4.78 is 7.62. The predicted molar refractivity (Wildman–Crippen MR) is 119 cm³/mol. The molecular formula is C23H19IN2O3. The van der Waals surface area contributed by atoms with E-state index in [1.54, 1.807) is 24.4 Å². The molecule has 0 bridgehead atoms. The van der Waals surface area contributed by atoms with E-state index in [9.17, 15) is 10.2 Å². The van der Waals surface area contributed by atoms with Crippen LogP contribution in [0.25, 0.3) is 10.9 Å². The Morgan fingerprint density at radius 2 is 1.86 bits per heavy atom. The molecule has 29 heavy (non-hydrogen) atoms. The first-order chi connectivity index (χ1) is 13.9. The predicted octanol–water partition coefficient (Wildman–Crippen LogP) is 5.00. The number of aromatic amines is 1. The molecule has 5 nitrogen and oxygen atoms in total. The molecule has 0 saturated carbocycles. The lowest BCUT2D eigenvalue weighted by molar-refractivity contribution is -0.0411. The van der Waals surface area contributed by atoms with E-state index in [-0.39, 0.29) is 5.75 Å². The molecule has 146 valence electrons. The smallest absolute Gasteiger partial charge is 0.134 e. The highest BCUT2D eigenvalue weighted by Crippen LogP contribution is 2.55. The Hall–Kier alpha value is -2.58. The van der Waals surface area contributed by atoms with Crippen molar-refractivity contribution in [3.05, 3.63) is 87.1 Å². The zero-order chi connectivity index (χ0) is 20.2. The van der Waals surface area contributed by atoms with Crippen LogP contribution in [0, 0.1) is 3.57 Å². The molecule has 0 spiro atoms. The minimum absolute atomic E-state index is 0.159. The van der Waals surface area contributed by atoms with E-state index in [2.05, 4.69) is 32.8 Å². The van der Waals surface area contributed by atoms with Gasteiger partial charge >= 0.3 is 0 Å². The third kappa shape index (κ3) is 2.98. The summed E-state index contributed by atoms with van der Waals surface area (Å²) in [6.45, 7) is 1.81. The average Bonchev–Trinajstić information content (AvgIpc) is 3.16. The number of H-pyrrole nitrogens is 1. The number of benzene rings is 3. The van der Waals surface area contributed by atoms with Gasteiger partial charge < -0.3 is 14.9 Å². The summed E-state index contributed by atoms with van der Waals surface area (Å²) in [5.74, 6) is 0.374. The van der Waals surface area contributed by atoms with E-state index in [4.69, 9.17) is 4.74 Å². The lowest BCUT2D eigenvalue weighted by Crippen LogP contribution is -2.40. The van der Waals surface area contributed by atoms with E-state index in [0.717, 1.165) is 25.6 Å². The van der Waals surface area contributed by atoms with Gasteiger partial charge in [0.15, 0.2) is 0 Å². The highest BCUT2D eigenvalue weighted by atomic mass is 127. The Kier molecular flexibility index (Phi) is 4.29. The van der Waals surface area contributed by atoms with Crippen molar-refractivity contribution in [2.24, 2.45) is 0 Å². The van der Waals surface area contributed by atoms with Crippen LogP contribution in [0.5, 0.6) is 11.5 Å². The second-order valence-corrected chi connectivity index (χ2v) is 8.83. The van der Waals surface area contributed by atoms with E-state index >= 15 is 0 Å². The fourth-order valence-corrected chi connectivity index (χ4v) is 4.76. The van der Waals surface area contributed by atoms with Gasteiger partial charge in [0.1, 0.15) is 23.2 Å². The number of aromatic nitrogens is 2. The molecule has 0 amide bonds. The third-order valence-corrected chi connectivity index (χ3v) is 6.40. The molecular weight excluding hydrogens is 479 g/mol. The largest absolute Gasteiger partial charge is 0.508 e. The number of ether oxygens (including phenoxy) is 1. The third-order valence-electron chi connectivity index (χ3n) is 5.68. The van der Waals surface area contributed by atoms with Gasteiger partial charge in [-0.3, -0.25) is 5.10 Å². The zero-order valence-corrected chi connectivity index (χ0v) is 17.8. The molecule has 1 aliphatic rings. The van der Waals surface area contributed by atoms with Crippen LogP contribution >= 0.6 is 22.6 Å². The molecule has 5 rings (SSSR count). The maximum Gasteiger partial charge on any atom is 0.134 e. The molecule has 1 aliphatic heterocycles. The van der Waals surface area contributed by atoms with Crippen LogP contribution in [0.1, 0.15) is 35.6 Å². The number of fused-ring (bicyclic) bond motifs is 3. The quantitative estimate of drug-likeness (QED) is 0.340. The monoisotopic (exact) mass is 498 g/mol. The number of aromatic hydroxyl groups is 1. The van der Waals surface area contributed by atoms with Crippen molar-refractivity contribution in [1.29, 1.82) is 0 Å². The molecule has 6 heteroatoms. The van der Waals surface area contributed by atoms with Crippen molar-refractivity contribution in [3.8, 4) is 11.5 Å². The van der Waals surface area contributed by atoms with Gasteiger partial charge in [-0.15, -0.1) is 0 Å². The number of rotatable bonds is 2. The molecule has 0 fully saturated rings. The van der Waals surface area contributed by atoms with Crippen molar-refractivity contribution in [2.75, 3.05) is 0 Å². The molecule has 4 aromatic rings. The fraction of sp³-hybridized carbons (Fsp3) is 0.174. The highest BCUT2D eigenvalue weighted by molar-refractivity contribution is 14.1. The molecule has 3 atom stereocenters. The SMILES string of the molecule is CC1(O)c2c(ccc3[nH]ncc23)OC(c2ccc(I)cc2)C1c1cccc(O)c1. The van der Waals surface area contributed by atoms with Gasteiger partial charge in [0.25, 0.3) is 0 Å². The number of hydrogen-bond acceptors (Lipinski definition) is 4. The van der Waals surface area contributed by atoms with Crippen LogP contribution < -0.4 is 4.74 Å². The minimum atomic E-state index is -1.25. The van der Waals surface area contributed by atoms with Crippen molar-refractivity contribution < 1.29 is 14.9 Å². The molecule has 3 unspecified atom stereocenters. The zero-order valence-electron chi connectivity index (χ0n) is 15.6. The minimum Gasteiger partial charge on any atom is -0.508 e. The summed E-state index contributed by atoms with van der Waals surface area (Å²) in [7, 11) is 0. The summed E-state index contributed by atoms with van der Waals surface area (Å²) in [4.78, 5) is 0. The number of nitrogens with one attached hydrogen (secondary N) is 1. The molecule has 0 radical (unpaired) electrons. The first kappa shape index (κ1) is 18.4. The van der Waals surface area contributed by atoms with Crippen LogP contribution in [-0.2, 0) is 5.60 Å². The first-order valence-electron chi connectivity index (χ1n) is 9.35. The molecule has 0 saturated heterocycles. The first-order valence-corrected chi connectivity index (χ1v) is 10.4. The van der Waals surface area contributed by atoms with Gasteiger partial charge in [-0.05, 0) is 77.0 Å². The molecule has 3 N–H and O–H groups in total. The van der Waals surface area contributed by atoms with Crippen molar-refractivity contribution >= 4 is 33.5 Å². The summed E-state index contributed by atoms with van der Waals surface area (Å²) in [5, 5.41) is 30.0. The number of nitrogens with zero attached hydrogens (tertiary/aromatic N) is 1. The average molecular weight is 498 g/mol. The van der Waals surface area contributed by atoms with Crippen molar-refractivity contribution in [1.82, 2.24) is 10.2 Å². The lowest BCUT2D eigenvalue weighted by atomic mass is 9.71. The Labute approximate surface area is 181 Å². The fourth-order valence-electron chi connectivity index (χ4n) is 4.40. The van der Waals surface area contributed by atoms with Crippen molar-refractivity contribution in [2.45, 2.75) is 24.5 Å². The normalized spacial score (nSPS) is 23.6. The van der Waals surface area contributed by atoms with E-state index in [1.165, 1.54) is 0 Å². The number of phenolic OH excluding ortho intramolecular Hbond substituents is 1. The second kappa shape index (κ2) is 6.74. The van der Waals surface area contributed by atoms with Gasteiger partial charge in [-0.25, -0.2) is 0 Å². The number of hydrogen-bond donors (Lipinski definition) is 3. The summed E-state index contributed by atoms with van der Waals surface area (Å²) >= 11 is 2.27. The Balaban J connectivity index is 1.77. The van der Waals surface area contributed by atoms with Gasteiger partial charge in [-0.1, -0.05) is 24.3 Å². The standard InChI is InChI=1S/C23H19IN2O3/c1-23(28)20(14-3-2-4-16(27)11-14)22(13-5-7-15(24)8-6-13)29-19-10-9-18-17(21(19)23)12-25-26-18/h2-12,20,22,27-28H,1H3,(H,25,26). The maximum atomic E-state index is 11.9. The van der Waals surface area contributed by atoms with E-state index < -0.39 is 17.6 Å². The summed E-state index contributed by atoms with van der Waals surface area (Å²) in [5.41, 5.74) is 2.08. The van der Waals surface area contributed by atoms with Crippen LogP contribution in [0.4, 0.5) is 0 Å². The highest BCUT2D eigenvalue weighted by Gasteiger charge is 2.48. The number of phenols is 1. The lowest BCUT2D eigenvalue weighted by Gasteiger charge is -2.44. The van der Waals surface area contributed by atoms with Crippen LogP contribution in [-0.4, -0.2) is 20.4 Å². The second-order valence-electron chi connectivity index (χ2n) is 7.58. The maximum absolute atomic E-state index is 11.9. The van der Waals surface area contributed by atoms with Crippen LogP contribution in [0.3, 0.4) is 0 Å². The summed E-state index contributed by atoms with van der Waals surface area (Å²) in [6, 6.07) is 18.9. The Morgan fingerprint density at radius 1 is 1.07 bits per heavy atom. The van der Waals surface area contributed by atoms with E-state index in [0.29, 0.717) is 11.3 Å². The van der Waals surface area contributed by atoms with Crippen LogP contribution in [0.2, 0.25) is 0 Å². The Morgan fingerprint density at radius 3 is 2.62 bits per heavy atom. The van der Waals surface area contributed by atoms with E-state index in [1.807, 2.05) is 49.4 Å². The van der Waals surface area contributed by atoms with Gasteiger partial charge in [0.05, 0.1) is 17.6 Å². The number of aliphatic hydroxyl groups is 1. The topological polar surface area (TPSA) is 78.4 Å². The van der Waals surface area contributed by atoms with Crippen molar-refractivity contribution in [3.63, 3.8) is 0 Å². The summed E-state index contributed by atoms with van der Waals surface area (Å²) in [6.07, 6.45) is 1.30.